The molecule has 1 saturated heterocycles. The molecule has 16 heavy (non-hydrogen) atoms. The highest BCUT2D eigenvalue weighted by Crippen LogP contribution is 2.42. The SMILES string of the molecule is CC1(N2CCNC(c3ccccc3)C2)CC1. The molecule has 0 bridgehead atoms. The minimum atomic E-state index is 0.521. The number of hydrogen-bond acceptors (Lipinski definition) is 2. The third-order valence-electron chi connectivity index (χ3n) is 4.11. The van der Waals surface area contributed by atoms with Crippen LogP contribution in [0.15, 0.2) is 30.3 Å². The van der Waals surface area contributed by atoms with Crippen LogP contribution < -0.4 is 5.32 Å². The maximum absolute atomic E-state index is 3.62. The average molecular weight is 216 g/mol. The van der Waals surface area contributed by atoms with Gasteiger partial charge in [-0.1, -0.05) is 30.3 Å². The van der Waals surface area contributed by atoms with Crippen LogP contribution in [0.3, 0.4) is 0 Å². The molecule has 1 atom stereocenters. The minimum absolute atomic E-state index is 0.521. The van der Waals surface area contributed by atoms with Crippen LogP contribution in [-0.2, 0) is 0 Å². The molecule has 0 amide bonds. The lowest BCUT2D eigenvalue weighted by Gasteiger charge is -2.38. The third kappa shape index (κ3) is 1.87. The van der Waals surface area contributed by atoms with Gasteiger partial charge in [-0.15, -0.1) is 0 Å². The van der Waals surface area contributed by atoms with Crippen molar-refractivity contribution in [3.8, 4) is 0 Å². The minimum Gasteiger partial charge on any atom is -0.308 e. The van der Waals surface area contributed by atoms with E-state index in [1.165, 1.54) is 31.5 Å². The molecular formula is C14H20N2. The number of nitrogens with zero attached hydrogens (tertiary/aromatic N) is 1. The molecule has 2 fully saturated rings. The molecule has 0 aromatic heterocycles. The lowest BCUT2D eigenvalue weighted by atomic mass is 10.0. The van der Waals surface area contributed by atoms with Gasteiger partial charge < -0.3 is 5.32 Å². The van der Waals surface area contributed by atoms with Gasteiger partial charge in [-0.25, -0.2) is 0 Å². The first-order valence-electron chi connectivity index (χ1n) is 6.31. The molecule has 1 aromatic rings. The zero-order valence-electron chi connectivity index (χ0n) is 9.95. The summed E-state index contributed by atoms with van der Waals surface area (Å²) < 4.78 is 0. The van der Waals surface area contributed by atoms with Crippen molar-refractivity contribution in [2.45, 2.75) is 31.3 Å². The molecule has 1 N–H and O–H groups in total. The molecule has 1 unspecified atom stereocenters. The molecule has 3 rings (SSSR count). The van der Waals surface area contributed by atoms with Crippen LogP contribution in [0.25, 0.3) is 0 Å². The Hall–Kier alpha value is -0.860. The van der Waals surface area contributed by atoms with Crippen LogP contribution >= 0.6 is 0 Å². The van der Waals surface area contributed by atoms with E-state index in [0.29, 0.717) is 11.6 Å². The average Bonchev–Trinajstić information content (AvgIpc) is 3.10. The van der Waals surface area contributed by atoms with E-state index in [1.807, 2.05) is 0 Å². The summed E-state index contributed by atoms with van der Waals surface area (Å²) in [6, 6.07) is 11.3. The van der Waals surface area contributed by atoms with Crippen LogP contribution in [0.4, 0.5) is 0 Å². The van der Waals surface area contributed by atoms with Gasteiger partial charge in [-0.2, -0.15) is 0 Å². The molecule has 1 heterocycles. The molecule has 2 nitrogen and oxygen atoms in total. The Bertz CT molecular complexity index is 356. The van der Waals surface area contributed by atoms with Crippen molar-refractivity contribution in [2.24, 2.45) is 0 Å². The van der Waals surface area contributed by atoms with Gasteiger partial charge in [0.25, 0.3) is 0 Å². The highest BCUT2D eigenvalue weighted by Gasteiger charge is 2.44. The zero-order valence-corrected chi connectivity index (χ0v) is 9.95. The van der Waals surface area contributed by atoms with Crippen molar-refractivity contribution in [1.82, 2.24) is 10.2 Å². The predicted molar refractivity (Wildman–Crippen MR) is 66.4 cm³/mol. The van der Waals surface area contributed by atoms with E-state index in [1.54, 1.807) is 0 Å². The third-order valence-corrected chi connectivity index (χ3v) is 4.11. The van der Waals surface area contributed by atoms with Gasteiger partial charge in [-0.05, 0) is 25.3 Å². The van der Waals surface area contributed by atoms with Gasteiger partial charge in [-0.3, -0.25) is 4.90 Å². The fourth-order valence-electron chi connectivity index (χ4n) is 2.65. The highest BCUT2D eigenvalue weighted by atomic mass is 15.3. The van der Waals surface area contributed by atoms with Crippen molar-refractivity contribution < 1.29 is 0 Å². The van der Waals surface area contributed by atoms with Gasteiger partial charge in [0.05, 0.1) is 0 Å². The second-order valence-electron chi connectivity index (χ2n) is 5.36. The first-order valence-corrected chi connectivity index (χ1v) is 6.31. The standard InChI is InChI=1S/C14H20N2/c1-14(7-8-14)16-10-9-15-13(11-16)12-5-3-2-4-6-12/h2-6,13,15H,7-11H2,1H3. The quantitative estimate of drug-likeness (QED) is 0.815. The Morgan fingerprint density at radius 1 is 1.25 bits per heavy atom. The first-order chi connectivity index (χ1) is 7.78. The van der Waals surface area contributed by atoms with E-state index in [4.69, 9.17) is 0 Å². The van der Waals surface area contributed by atoms with E-state index < -0.39 is 0 Å². The van der Waals surface area contributed by atoms with Gasteiger partial charge in [0.15, 0.2) is 0 Å². The Kier molecular flexibility index (Phi) is 2.49. The molecule has 2 aliphatic rings. The Morgan fingerprint density at radius 3 is 2.69 bits per heavy atom. The second-order valence-corrected chi connectivity index (χ2v) is 5.36. The number of hydrogen-bond donors (Lipinski definition) is 1. The number of benzene rings is 1. The summed E-state index contributed by atoms with van der Waals surface area (Å²) >= 11 is 0. The topological polar surface area (TPSA) is 15.3 Å². The Balaban J connectivity index is 1.73. The smallest absolute Gasteiger partial charge is 0.0449 e. The van der Waals surface area contributed by atoms with E-state index in [0.717, 1.165) is 6.54 Å². The number of nitrogens with one attached hydrogen (secondary N) is 1. The molecule has 0 radical (unpaired) electrons. The van der Waals surface area contributed by atoms with Gasteiger partial charge in [0, 0.05) is 31.2 Å². The summed E-state index contributed by atoms with van der Waals surface area (Å²) in [5.41, 5.74) is 1.95. The molecule has 1 aliphatic carbocycles. The van der Waals surface area contributed by atoms with Crippen molar-refractivity contribution in [3.05, 3.63) is 35.9 Å². The van der Waals surface area contributed by atoms with Crippen LogP contribution in [0.1, 0.15) is 31.4 Å². The summed E-state index contributed by atoms with van der Waals surface area (Å²) in [5, 5.41) is 3.62. The summed E-state index contributed by atoms with van der Waals surface area (Å²) in [6.07, 6.45) is 2.77. The van der Waals surface area contributed by atoms with E-state index in [2.05, 4.69) is 47.5 Å². The second kappa shape index (κ2) is 3.86. The van der Waals surface area contributed by atoms with E-state index >= 15 is 0 Å². The van der Waals surface area contributed by atoms with E-state index in [9.17, 15) is 0 Å². The van der Waals surface area contributed by atoms with Gasteiger partial charge >= 0.3 is 0 Å². The Labute approximate surface area is 97.6 Å². The van der Waals surface area contributed by atoms with Crippen LogP contribution in [0, 0.1) is 0 Å². The van der Waals surface area contributed by atoms with Crippen LogP contribution in [0.2, 0.25) is 0 Å². The molecule has 1 saturated carbocycles. The lowest BCUT2D eigenvalue weighted by molar-refractivity contribution is 0.138. The maximum Gasteiger partial charge on any atom is 0.0449 e. The van der Waals surface area contributed by atoms with Crippen LogP contribution in [-0.4, -0.2) is 30.1 Å². The molecule has 86 valence electrons. The Morgan fingerprint density at radius 2 is 2.00 bits per heavy atom. The monoisotopic (exact) mass is 216 g/mol. The van der Waals surface area contributed by atoms with Crippen molar-refractivity contribution in [3.63, 3.8) is 0 Å². The largest absolute Gasteiger partial charge is 0.308 e. The normalized spacial score (nSPS) is 28.9. The summed E-state index contributed by atoms with van der Waals surface area (Å²) in [7, 11) is 0. The van der Waals surface area contributed by atoms with Crippen molar-refractivity contribution in [2.75, 3.05) is 19.6 Å². The zero-order chi connectivity index (χ0) is 11.0. The maximum atomic E-state index is 3.62. The number of piperazine rings is 1. The molecule has 1 aliphatic heterocycles. The summed E-state index contributed by atoms with van der Waals surface area (Å²) in [5.74, 6) is 0. The first kappa shape index (κ1) is 10.3. The van der Waals surface area contributed by atoms with Crippen molar-refractivity contribution >= 4 is 0 Å². The molecule has 0 spiro atoms. The fourth-order valence-corrected chi connectivity index (χ4v) is 2.65. The van der Waals surface area contributed by atoms with Gasteiger partial charge in [0.1, 0.15) is 0 Å². The molecule has 1 aromatic carbocycles. The molecular weight excluding hydrogens is 196 g/mol. The highest BCUT2D eigenvalue weighted by molar-refractivity contribution is 5.20. The summed E-state index contributed by atoms with van der Waals surface area (Å²) in [4.78, 5) is 2.67. The molecule has 2 heteroatoms. The summed E-state index contributed by atoms with van der Waals surface area (Å²) in [6.45, 7) is 5.90. The number of rotatable bonds is 2. The van der Waals surface area contributed by atoms with Gasteiger partial charge in [0.2, 0.25) is 0 Å². The van der Waals surface area contributed by atoms with Crippen LogP contribution in [0.5, 0.6) is 0 Å². The lowest BCUT2D eigenvalue weighted by Crippen LogP contribution is -2.50. The van der Waals surface area contributed by atoms with Crippen molar-refractivity contribution in [1.29, 1.82) is 0 Å². The van der Waals surface area contributed by atoms with E-state index in [-0.39, 0.29) is 0 Å². The predicted octanol–water partition coefficient (Wildman–Crippen LogP) is 2.19. The fraction of sp³-hybridized carbons (Fsp3) is 0.571.